The van der Waals surface area contributed by atoms with Crippen LogP contribution in [-0.2, 0) is 12.6 Å². The maximum Gasteiger partial charge on any atom is 0.347 e. The molecule has 0 spiro atoms. The van der Waals surface area contributed by atoms with Gasteiger partial charge in [0, 0.05) is 12.5 Å². The van der Waals surface area contributed by atoms with Gasteiger partial charge in [0.25, 0.3) is 0 Å². The summed E-state index contributed by atoms with van der Waals surface area (Å²) in [7, 11) is 1.65. The molecule has 4 fully saturated rings. The first-order valence-corrected chi connectivity index (χ1v) is 16.5. The minimum atomic E-state index is -0.552. The Balaban J connectivity index is 1.54. The lowest BCUT2D eigenvalue weighted by Gasteiger charge is -2.72. The summed E-state index contributed by atoms with van der Waals surface area (Å²) >= 11 is 0. The molecule has 0 saturated heterocycles. The highest BCUT2D eigenvalue weighted by atomic mass is 16.3. The maximum absolute atomic E-state index is 14.1. The van der Waals surface area contributed by atoms with Crippen molar-refractivity contribution in [2.75, 3.05) is 6.61 Å². The molecule has 4 saturated carbocycles. The van der Waals surface area contributed by atoms with E-state index in [1.54, 1.807) is 7.05 Å². The molecule has 9 atom stereocenters. The van der Waals surface area contributed by atoms with E-state index in [-0.39, 0.29) is 57.2 Å². The third kappa shape index (κ3) is 2.95. The third-order valence-corrected chi connectivity index (χ3v) is 15.0. The quantitative estimate of drug-likeness (QED) is 0.495. The number of aliphatic hydroxyl groups is 2. The molecule has 7 nitrogen and oxygen atoms in total. The van der Waals surface area contributed by atoms with E-state index in [1.165, 1.54) is 15.7 Å². The number of rotatable bonds is 3. The molecule has 0 bridgehead atoms. The van der Waals surface area contributed by atoms with E-state index >= 15 is 0 Å². The summed E-state index contributed by atoms with van der Waals surface area (Å²) in [6.07, 6.45) is 9.10. The van der Waals surface area contributed by atoms with Gasteiger partial charge < -0.3 is 10.2 Å². The van der Waals surface area contributed by atoms with Gasteiger partial charge in [0.15, 0.2) is 0 Å². The highest BCUT2D eigenvalue weighted by Gasteiger charge is 2.72. The van der Waals surface area contributed by atoms with Gasteiger partial charge in [0.05, 0.1) is 24.3 Å². The normalized spacial score (nSPS) is 47.6. The van der Waals surface area contributed by atoms with Gasteiger partial charge in [-0.3, -0.25) is 0 Å². The molecule has 1 aliphatic heterocycles. The molecule has 4 unspecified atom stereocenters. The summed E-state index contributed by atoms with van der Waals surface area (Å²) in [6.45, 7) is 16.7. The van der Waals surface area contributed by atoms with E-state index in [0.29, 0.717) is 17.8 Å². The van der Waals surface area contributed by atoms with Crippen LogP contribution in [0.15, 0.2) is 20.7 Å². The van der Waals surface area contributed by atoms with Crippen molar-refractivity contribution in [3.8, 4) is 0 Å². The first-order valence-electron chi connectivity index (χ1n) is 16.5. The number of aliphatic hydroxyl groups excluding tert-OH is 2. The molecule has 0 aromatic carbocycles. The average Bonchev–Trinajstić information content (AvgIpc) is 3.35. The largest absolute Gasteiger partial charge is 0.395 e. The fourth-order valence-corrected chi connectivity index (χ4v) is 12.9. The van der Waals surface area contributed by atoms with Crippen LogP contribution in [0.4, 0.5) is 0 Å². The molecular formula is C34H53N3O4. The molecule has 0 amide bonds. The lowest BCUT2D eigenvalue weighted by molar-refractivity contribution is -0.211. The SMILES string of the molecule is CC(C)CC12CC[C@]3(CO)CC[C@]4(C)C(=C13)C(CC1[C@@]3(C)CC[C@H](O)C(C)(C)C3CC[C@]14C)n1c(=O)n(C)c(=O)n12. The number of hydrogen-bond donors (Lipinski definition) is 2. The molecule has 5 aliphatic carbocycles. The molecule has 1 aromatic rings. The van der Waals surface area contributed by atoms with Crippen LogP contribution in [0.25, 0.3) is 0 Å². The molecule has 1 aromatic heterocycles. The predicted molar refractivity (Wildman–Crippen MR) is 160 cm³/mol. The Kier molecular flexibility index (Phi) is 5.57. The monoisotopic (exact) mass is 567 g/mol. The van der Waals surface area contributed by atoms with Crippen molar-refractivity contribution in [2.45, 2.75) is 130 Å². The molecule has 6 aliphatic rings. The smallest absolute Gasteiger partial charge is 0.347 e. The zero-order valence-electron chi connectivity index (χ0n) is 26.7. The predicted octanol–water partition coefficient (Wildman–Crippen LogP) is 5.14. The number of fused-ring (bicyclic) bond motifs is 7. The average molecular weight is 568 g/mol. The van der Waals surface area contributed by atoms with E-state index in [2.05, 4.69) is 48.5 Å². The second-order valence-corrected chi connectivity index (χ2v) is 17.2. The standard InChI is InChI=1S/C34H53N3O4/c1-20(2)18-34-16-15-33(19-38)14-13-32(7)25(26(33)34)21(36-27(40)35(8)28(41)37(34)36)17-23-30(5)11-10-24(39)29(3,4)22(30)9-12-31(23,32)6/h20-24,38-39H,9-19H2,1-8H3/t21?,22?,23?,24-,30-,31+,32+,33-,34?/m0/s1. The van der Waals surface area contributed by atoms with E-state index < -0.39 is 5.54 Å². The topological polar surface area (TPSA) is 89.4 Å². The van der Waals surface area contributed by atoms with Crippen LogP contribution in [0.5, 0.6) is 0 Å². The van der Waals surface area contributed by atoms with Gasteiger partial charge in [-0.1, -0.05) is 48.5 Å². The zero-order valence-corrected chi connectivity index (χ0v) is 26.7. The summed E-state index contributed by atoms with van der Waals surface area (Å²) in [5.74, 6) is 1.13. The van der Waals surface area contributed by atoms with Crippen LogP contribution >= 0.6 is 0 Å². The maximum atomic E-state index is 14.1. The number of allylic oxidation sites excluding steroid dienone is 1. The Bertz CT molecular complexity index is 1460. The Morgan fingerprint density at radius 2 is 1.59 bits per heavy atom. The van der Waals surface area contributed by atoms with Gasteiger partial charge in [0.2, 0.25) is 0 Å². The van der Waals surface area contributed by atoms with Gasteiger partial charge in [-0.25, -0.2) is 23.5 Å². The Morgan fingerprint density at radius 1 is 0.902 bits per heavy atom. The summed E-state index contributed by atoms with van der Waals surface area (Å²) in [6, 6.07) is -0.162. The molecule has 2 heterocycles. The summed E-state index contributed by atoms with van der Waals surface area (Å²) in [5, 5.41) is 22.3. The minimum Gasteiger partial charge on any atom is -0.395 e. The third-order valence-electron chi connectivity index (χ3n) is 15.0. The lowest BCUT2D eigenvalue weighted by Crippen LogP contribution is -2.67. The second-order valence-electron chi connectivity index (χ2n) is 17.2. The fourth-order valence-electron chi connectivity index (χ4n) is 12.9. The fraction of sp³-hybridized carbons (Fsp3) is 0.882. The first-order chi connectivity index (χ1) is 19.1. The van der Waals surface area contributed by atoms with Crippen molar-refractivity contribution in [3.05, 3.63) is 32.1 Å². The Hall–Kier alpha value is -1.60. The van der Waals surface area contributed by atoms with E-state index in [1.807, 2.05) is 9.36 Å². The summed E-state index contributed by atoms with van der Waals surface area (Å²) < 4.78 is 5.16. The van der Waals surface area contributed by atoms with Gasteiger partial charge >= 0.3 is 11.4 Å². The molecule has 228 valence electrons. The van der Waals surface area contributed by atoms with E-state index in [9.17, 15) is 19.8 Å². The molecule has 41 heavy (non-hydrogen) atoms. The summed E-state index contributed by atoms with van der Waals surface area (Å²) in [5.41, 5.74) is 1.34. The highest BCUT2D eigenvalue weighted by Crippen LogP contribution is 2.78. The van der Waals surface area contributed by atoms with E-state index in [0.717, 1.165) is 64.2 Å². The van der Waals surface area contributed by atoms with Crippen LogP contribution in [0, 0.1) is 44.8 Å². The van der Waals surface area contributed by atoms with Crippen LogP contribution in [-0.4, -0.2) is 36.9 Å². The van der Waals surface area contributed by atoms with Crippen LogP contribution in [0.3, 0.4) is 0 Å². The van der Waals surface area contributed by atoms with Crippen molar-refractivity contribution in [2.24, 2.45) is 51.9 Å². The first kappa shape index (κ1) is 28.2. The summed E-state index contributed by atoms with van der Waals surface area (Å²) in [4.78, 5) is 28.2. The van der Waals surface area contributed by atoms with Crippen molar-refractivity contribution in [3.63, 3.8) is 0 Å². The molecule has 7 rings (SSSR count). The van der Waals surface area contributed by atoms with E-state index in [4.69, 9.17) is 0 Å². The zero-order chi connectivity index (χ0) is 29.7. The lowest BCUT2D eigenvalue weighted by atomic mass is 9.33. The minimum absolute atomic E-state index is 0.0457. The molecule has 7 heteroatoms. The van der Waals surface area contributed by atoms with Crippen molar-refractivity contribution < 1.29 is 10.2 Å². The number of aromatic nitrogens is 3. The molecule has 2 N–H and O–H groups in total. The van der Waals surface area contributed by atoms with Crippen molar-refractivity contribution in [1.82, 2.24) is 13.9 Å². The van der Waals surface area contributed by atoms with Gasteiger partial charge in [-0.05, 0) is 115 Å². The van der Waals surface area contributed by atoms with Gasteiger partial charge in [0.1, 0.15) is 0 Å². The molecule has 0 radical (unpaired) electrons. The van der Waals surface area contributed by atoms with Crippen molar-refractivity contribution >= 4 is 0 Å². The van der Waals surface area contributed by atoms with Gasteiger partial charge in [-0.2, -0.15) is 0 Å². The highest BCUT2D eigenvalue weighted by molar-refractivity contribution is 5.48. The number of hydrogen-bond acceptors (Lipinski definition) is 4. The van der Waals surface area contributed by atoms with Gasteiger partial charge in [-0.15, -0.1) is 0 Å². The second kappa shape index (κ2) is 8.11. The van der Waals surface area contributed by atoms with Crippen LogP contribution < -0.4 is 11.4 Å². The molecular weight excluding hydrogens is 514 g/mol. The Morgan fingerprint density at radius 3 is 2.24 bits per heavy atom. The van der Waals surface area contributed by atoms with Crippen LogP contribution in [0.1, 0.15) is 119 Å². The van der Waals surface area contributed by atoms with Crippen LogP contribution in [0.2, 0.25) is 0 Å². The number of nitrogens with zero attached hydrogens (tertiary/aromatic N) is 3. The van der Waals surface area contributed by atoms with Crippen molar-refractivity contribution in [1.29, 1.82) is 0 Å². The Labute approximate surface area is 245 Å².